The van der Waals surface area contributed by atoms with Gasteiger partial charge in [0.25, 0.3) is 0 Å². The molecule has 2 aliphatic carbocycles. The molecule has 0 amide bonds. The van der Waals surface area contributed by atoms with Gasteiger partial charge in [-0.1, -0.05) is 81.8 Å². The van der Waals surface area contributed by atoms with Gasteiger partial charge in [-0.2, -0.15) is 0 Å². The van der Waals surface area contributed by atoms with Crippen molar-refractivity contribution in [2.45, 2.75) is 103 Å². The maximum absolute atomic E-state index is 2.54. The van der Waals surface area contributed by atoms with Gasteiger partial charge in [-0.05, 0) is 31.9 Å². The molecular formula is C20H44FeSi2. The normalized spacial score (nSPS) is 18.9. The van der Waals surface area contributed by atoms with Crippen LogP contribution in [0.2, 0.25) is 30.7 Å². The van der Waals surface area contributed by atoms with Gasteiger partial charge < -0.3 is 14.9 Å². The van der Waals surface area contributed by atoms with Gasteiger partial charge in [0.2, 0.25) is 0 Å². The molecule has 23 heavy (non-hydrogen) atoms. The first-order valence-corrected chi connectivity index (χ1v) is 14.4. The van der Waals surface area contributed by atoms with Gasteiger partial charge >= 0.3 is 17.1 Å². The van der Waals surface area contributed by atoms with Crippen LogP contribution in [0.4, 0.5) is 0 Å². The molecule has 0 bridgehead atoms. The fourth-order valence-corrected chi connectivity index (χ4v) is 8.78. The molecule has 0 unspecified atom stereocenters. The molecule has 0 nitrogen and oxygen atoms in total. The zero-order chi connectivity index (χ0) is 15.1. The Labute approximate surface area is 163 Å². The first-order valence-electron chi connectivity index (χ1n) is 9.07. The van der Waals surface area contributed by atoms with Crippen molar-refractivity contribution in [2.24, 2.45) is 0 Å². The Balaban J connectivity index is -0.000000325. The first-order chi connectivity index (χ1) is 9.43. The van der Waals surface area contributed by atoms with E-state index in [0.29, 0.717) is 0 Å². The van der Waals surface area contributed by atoms with E-state index in [1.54, 1.807) is 23.6 Å². The number of rotatable bonds is 3. The van der Waals surface area contributed by atoms with E-state index in [0.717, 1.165) is 5.54 Å². The van der Waals surface area contributed by atoms with Crippen molar-refractivity contribution in [2.75, 3.05) is 0 Å². The largest absolute Gasteiger partial charge is 2.00 e. The second-order valence-electron chi connectivity index (χ2n) is 7.80. The van der Waals surface area contributed by atoms with E-state index in [-0.39, 0.29) is 40.7 Å². The Kier molecular flexibility index (Phi) is 18.6. The van der Waals surface area contributed by atoms with Crippen molar-refractivity contribution in [3.05, 3.63) is 25.6 Å². The zero-order valence-corrected chi connectivity index (χ0v) is 20.7. The minimum absolute atomic E-state index is 0. The molecule has 3 heteroatoms. The van der Waals surface area contributed by atoms with Crippen LogP contribution in [-0.2, 0) is 17.1 Å². The van der Waals surface area contributed by atoms with Crippen LogP contribution in [0.25, 0.3) is 0 Å². The smallest absolute Gasteiger partial charge is 0.358 e. The number of hydrogen-bond donors (Lipinski definition) is 0. The quantitative estimate of drug-likeness (QED) is 0.356. The number of allylic oxidation sites excluding steroid dienone is 2. The van der Waals surface area contributed by atoms with E-state index >= 15 is 0 Å². The van der Waals surface area contributed by atoms with Crippen molar-refractivity contribution in [1.82, 2.24) is 0 Å². The Morgan fingerprint density at radius 3 is 1.30 bits per heavy atom. The third-order valence-corrected chi connectivity index (χ3v) is 12.5. The van der Waals surface area contributed by atoms with Crippen LogP contribution >= 0.6 is 0 Å². The van der Waals surface area contributed by atoms with E-state index in [4.69, 9.17) is 0 Å². The summed E-state index contributed by atoms with van der Waals surface area (Å²) in [7, 11) is -0.750. The maximum Gasteiger partial charge on any atom is 2.00 e. The van der Waals surface area contributed by atoms with Crippen molar-refractivity contribution in [3.8, 4) is 0 Å². The fraction of sp³-hybridized carbons (Fsp3) is 0.800. The summed E-state index contributed by atoms with van der Waals surface area (Å²) in [5.74, 6) is 0. The van der Waals surface area contributed by atoms with Gasteiger partial charge in [-0.25, -0.2) is 0 Å². The molecule has 0 N–H and O–H groups in total. The minimum Gasteiger partial charge on any atom is -0.358 e. The van der Waals surface area contributed by atoms with Gasteiger partial charge in [-0.15, -0.1) is 0 Å². The predicted octanol–water partition coefficient (Wildman–Crippen LogP) is 7.00. The Hall–Kier alpha value is 0.693. The van der Waals surface area contributed by atoms with Gasteiger partial charge in [-0.3, -0.25) is 0 Å². The van der Waals surface area contributed by atoms with Crippen LogP contribution in [0.15, 0.2) is 10.8 Å². The third kappa shape index (κ3) is 10.3. The first kappa shape index (κ1) is 28.5. The molecular weight excluding hydrogens is 352 g/mol. The van der Waals surface area contributed by atoms with Crippen LogP contribution in [-0.4, -0.2) is 17.6 Å². The van der Waals surface area contributed by atoms with Crippen molar-refractivity contribution in [1.29, 1.82) is 0 Å². The summed E-state index contributed by atoms with van der Waals surface area (Å²) >= 11 is 0. The van der Waals surface area contributed by atoms with Crippen LogP contribution in [0.1, 0.15) is 72.1 Å². The second kappa shape index (κ2) is 15.0. The molecule has 1 atom stereocenters. The minimum atomic E-state index is -0.527. The summed E-state index contributed by atoms with van der Waals surface area (Å²) < 4.78 is 0. The average molecular weight is 397 g/mol. The SMILES string of the molecule is CC(C)=C(C)[Si@@H](C)C1CCCC1.C[SiH](C)C1CCCC1.[CH3-].[CH3-].[Fe+2]. The molecule has 0 aliphatic heterocycles. The van der Waals surface area contributed by atoms with E-state index in [9.17, 15) is 0 Å². The fourth-order valence-electron chi connectivity index (χ4n) is 3.89. The standard InChI is InChI=1S/C11H22Si.C7H16Si.2CH3.Fe/c1-9(2)10(3)12(4)11-7-5-6-8-11;1-8(2)7-5-3-4-6-7;;;/h11-12H,5-8H2,1-4H3;7-8H,3-6H2,1-2H3;2*1H3;/q;;2*-1;+2/t12-;;;;/m1..../s1. The molecule has 2 rings (SSSR count). The summed E-state index contributed by atoms with van der Waals surface area (Å²) in [4.78, 5) is 0. The zero-order valence-electron chi connectivity index (χ0n) is 17.3. The molecule has 2 saturated carbocycles. The molecule has 140 valence electrons. The van der Waals surface area contributed by atoms with Crippen molar-refractivity contribution in [3.63, 3.8) is 0 Å². The Morgan fingerprint density at radius 2 is 1.04 bits per heavy atom. The predicted molar refractivity (Wildman–Crippen MR) is 113 cm³/mol. The molecule has 0 saturated heterocycles. The molecule has 0 spiro atoms. The van der Waals surface area contributed by atoms with Crippen molar-refractivity contribution < 1.29 is 17.1 Å². The Bertz CT molecular complexity index is 297. The Morgan fingerprint density at radius 1 is 0.696 bits per heavy atom. The van der Waals surface area contributed by atoms with E-state index in [1.165, 1.54) is 44.1 Å². The van der Waals surface area contributed by atoms with E-state index in [2.05, 4.69) is 40.4 Å². The molecule has 0 radical (unpaired) electrons. The summed E-state index contributed by atoms with van der Waals surface area (Å²) in [6.07, 6.45) is 12.2. The van der Waals surface area contributed by atoms with Gasteiger partial charge in [0, 0.05) is 8.80 Å². The topological polar surface area (TPSA) is 0 Å². The summed E-state index contributed by atoms with van der Waals surface area (Å²) in [6, 6.07) is 0. The van der Waals surface area contributed by atoms with Crippen LogP contribution in [0.3, 0.4) is 0 Å². The van der Waals surface area contributed by atoms with Gasteiger partial charge in [0.05, 0.1) is 8.80 Å². The van der Waals surface area contributed by atoms with Crippen molar-refractivity contribution >= 4 is 17.6 Å². The van der Waals surface area contributed by atoms with E-state index < -0.39 is 8.80 Å². The summed E-state index contributed by atoms with van der Waals surface area (Å²) in [6.45, 7) is 14.4. The molecule has 0 aromatic rings. The summed E-state index contributed by atoms with van der Waals surface area (Å²) in [5, 5.41) is 1.77. The third-order valence-electron chi connectivity index (χ3n) is 5.92. The van der Waals surface area contributed by atoms with Crippen LogP contribution < -0.4 is 0 Å². The molecule has 2 aliphatic rings. The molecule has 0 heterocycles. The molecule has 0 aromatic heterocycles. The average Bonchev–Trinajstić information content (AvgIpc) is 3.09. The van der Waals surface area contributed by atoms with Gasteiger partial charge in [0.1, 0.15) is 0 Å². The van der Waals surface area contributed by atoms with Crippen LogP contribution in [0.5, 0.6) is 0 Å². The van der Waals surface area contributed by atoms with Gasteiger partial charge in [0.15, 0.2) is 0 Å². The second-order valence-corrected chi connectivity index (χ2v) is 14.6. The molecule has 0 aromatic carbocycles. The maximum atomic E-state index is 2.54. The summed E-state index contributed by atoms with van der Waals surface area (Å²) in [5.41, 5.74) is 3.91. The van der Waals surface area contributed by atoms with Crippen LogP contribution in [0, 0.1) is 14.9 Å². The molecule has 2 fully saturated rings. The number of hydrogen-bond acceptors (Lipinski definition) is 0. The van der Waals surface area contributed by atoms with E-state index in [1.807, 2.05) is 0 Å². The monoisotopic (exact) mass is 396 g/mol.